The zero-order valence-electron chi connectivity index (χ0n) is 29.4. The molecule has 0 bridgehead atoms. The van der Waals surface area contributed by atoms with Gasteiger partial charge in [-0.1, -0.05) is 98.1 Å². The third-order valence-electron chi connectivity index (χ3n) is 5.92. The largest absolute Gasteiger partial charge is 0.356 e. The van der Waals surface area contributed by atoms with Crippen LogP contribution >= 0.6 is 43.2 Å². The summed E-state index contributed by atoms with van der Waals surface area (Å²) >= 11 is 0. The number of unbranched alkanes of at least 4 members (excludes halogenated alkanes) is 1. The molecule has 0 aliphatic carbocycles. The number of Topliss-reactive ketones (excluding diaryl/α,β-unsaturated/α-hetero) is 1. The first-order valence-corrected chi connectivity index (χ1v) is 19.8. The highest BCUT2D eigenvalue weighted by molar-refractivity contribution is 8.77. The summed E-state index contributed by atoms with van der Waals surface area (Å²) in [5.74, 6) is 2.13. The number of carbonyl (C=O) groups excluding carboxylic acids is 4. The van der Waals surface area contributed by atoms with Gasteiger partial charge in [0.05, 0.1) is 0 Å². The average Bonchev–Trinajstić information content (AvgIpc) is 2.85. The van der Waals surface area contributed by atoms with Crippen molar-refractivity contribution in [2.24, 2.45) is 10.8 Å². The number of nitrogens with one attached hydrogen (secondary N) is 1. The van der Waals surface area contributed by atoms with Gasteiger partial charge in [0.2, 0.25) is 5.91 Å². The fourth-order valence-electron chi connectivity index (χ4n) is 3.31. The molecule has 1 unspecified atom stereocenters. The molecule has 242 valence electrons. The summed E-state index contributed by atoms with van der Waals surface area (Å²) < 4.78 is 13.8. The van der Waals surface area contributed by atoms with Gasteiger partial charge in [-0.05, 0) is 63.2 Å². The Morgan fingerprint density at radius 3 is 2.00 bits per heavy atom. The highest BCUT2D eigenvalue weighted by Gasteiger charge is 2.18. The van der Waals surface area contributed by atoms with Gasteiger partial charge < -0.3 is 14.9 Å². The van der Waals surface area contributed by atoms with Gasteiger partial charge in [0.15, 0.2) is 0 Å². The van der Waals surface area contributed by atoms with E-state index in [-0.39, 0.29) is 16.1 Å². The second-order valence-electron chi connectivity index (χ2n) is 13.5. The van der Waals surface area contributed by atoms with E-state index in [1.165, 1.54) is 6.42 Å². The van der Waals surface area contributed by atoms with Crippen LogP contribution in [0.5, 0.6) is 0 Å². The number of hydrogen-bond donors (Lipinski definition) is 1. The molecule has 0 saturated heterocycles. The Bertz CT molecular complexity index is 799. The average molecular weight is 654 g/mol. The summed E-state index contributed by atoms with van der Waals surface area (Å²) in [6, 6.07) is 0. The lowest BCUT2D eigenvalue weighted by Crippen LogP contribution is -2.27. The molecule has 1 amide bonds. The highest BCUT2D eigenvalue weighted by Crippen LogP contribution is 2.39. The number of amides is 1. The second kappa shape index (κ2) is 25.2. The Morgan fingerprint density at radius 1 is 0.780 bits per heavy atom. The maximum atomic E-state index is 11.8. The number of ketones is 1. The number of hydrogen-bond acceptors (Lipinski definition) is 8. The number of aldehydes is 2. The van der Waals surface area contributed by atoms with Crippen LogP contribution < -0.4 is 5.32 Å². The minimum Gasteiger partial charge on any atom is -0.356 e. The van der Waals surface area contributed by atoms with Crippen LogP contribution in [0.25, 0.3) is 0 Å². The van der Waals surface area contributed by atoms with Crippen LogP contribution in [0.3, 0.4) is 0 Å². The molecule has 0 aliphatic rings. The third kappa shape index (κ3) is 36.0. The van der Waals surface area contributed by atoms with Crippen LogP contribution in [-0.2, 0) is 19.2 Å². The predicted octanol–water partition coefficient (Wildman–Crippen LogP) is 9.76. The maximum absolute atomic E-state index is 11.8. The van der Waals surface area contributed by atoms with Crippen LogP contribution in [0, 0.1) is 10.8 Å². The van der Waals surface area contributed by atoms with Crippen molar-refractivity contribution >= 4 is 67.4 Å². The van der Waals surface area contributed by atoms with Crippen molar-refractivity contribution in [1.82, 2.24) is 5.32 Å². The fraction of sp³-hybridized carbons (Fsp3) is 0.875. The van der Waals surface area contributed by atoms with Crippen LogP contribution in [0.1, 0.15) is 142 Å². The van der Waals surface area contributed by atoms with Gasteiger partial charge in [-0.3, -0.25) is 9.59 Å². The van der Waals surface area contributed by atoms with E-state index in [1.807, 2.05) is 0 Å². The van der Waals surface area contributed by atoms with E-state index in [2.05, 4.69) is 67.6 Å². The Balaban J connectivity index is 0. The van der Waals surface area contributed by atoms with E-state index < -0.39 is 12.5 Å². The normalized spacial score (nSPS) is 13.4. The molecule has 5 nitrogen and oxygen atoms in total. The first kappa shape index (κ1) is 38.9. The summed E-state index contributed by atoms with van der Waals surface area (Å²) in [7, 11) is 6.84. The standard InChI is InChI=1S/C16H31NO2S2.C16H30O2S2/c1-15(2,3)10-11-17-14(19)8-6-13-20-21-16(4,5)9-7-12-18;1-14(20-19-13-7-12-17)9-10-15(18)8-5-6-11-16(2,3)4/h12H,6-11,13H2,1-5H3,(H,17,19);12,14H,5-11,13H2,1-4H3/i2*12D. The molecular weight excluding hydrogens is 591 g/mol. The van der Waals surface area contributed by atoms with Crippen LogP contribution in [-0.4, -0.2) is 52.3 Å². The third-order valence-corrected chi connectivity index (χ3v) is 12.3. The lowest BCUT2D eigenvalue weighted by atomic mass is 9.89. The summed E-state index contributed by atoms with van der Waals surface area (Å²) in [5.41, 5.74) is 0.623. The Kier molecular flexibility index (Phi) is 23.9. The first-order valence-electron chi connectivity index (χ1n) is 16.1. The molecule has 0 aliphatic heterocycles. The van der Waals surface area contributed by atoms with Crippen molar-refractivity contribution in [3.8, 4) is 0 Å². The topological polar surface area (TPSA) is 80.3 Å². The van der Waals surface area contributed by atoms with Crippen molar-refractivity contribution in [2.75, 3.05) is 18.1 Å². The van der Waals surface area contributed by atoms with Crippen LogP contribution in [0.4, 0.5) is 0 Å². The molecule has 0 rings (SSSR count). The Hall–Kier alpha value is -0.120. The summed E-state index contributed by atoms with van der Waals surface area (Å²) in [6.45, 7) is 20.3. The van der Waals surface area contributed by atoms with Gasteiger partial charge in [-0.15, -0.1) is 0 Å². The molecule has 0 aromatic heterocycles. The van der Waals surface area contributed by atoms with Crippen molar-refractivity contribution < 1.29 is 21.9 Å². The van der Waals surface area contributed by atoms with Gasteiger partial charge in [0.1, 0.15) is 21.0 Å². The lowest BCUT2D eigenvalue weighted by Gasteiger charge is -2.21. The van der Waals surface area contributed by atoms with Crippen LogP contribution in [0.2, 0.25) is 0 Å². The first-order chi connectivity index (χ1) is 19.7. The molecule has 1 atom stereocenters. The van der Waals surface area contributed by atoms with Gasteiger partial charge in [0.25, 0.3) is 0 Å². The molecule has 0 aromatic rings. The molecule has 1 N–H and O–H groups in total. The van der Waals surface area contributed by atoms with E-state index in [4.69, 9.17) is 2.74 Å². The molecule has 0 spiro atoms. The van der Waals surface area contributed by atoms with Crippen molar-refractivity contribution in [3.05, 3.63) is 0 Å². The van der Waals surface area contributed by atoms with Crippen molar-refractivity contribution in [1.29, 1.82) is 0 Å². The fourth-order valence-corrected chi connectivity index (χ4v) is 8.21. The number of carbonyl (C=O) groups is 4. The van der Waals surface area contributed by atoms with E-state index in [9.17, 15) is 19.2 Å². The van der Waals surface area contributed by atoms with Gasteiger partial charge in [-0.2, -0.15) is 0 Å². The molecule has 0 aromatic carbocycles. The van der Waals surface area contributed by atoms with Crippen LogP contribution in [0.15, 0.2) is 0 Å². The van der Waals surface area contributed by atoms with E-state index in [0.717, 1.165) is 50.8 Å². The van der Waals surface area contributed by atoms with Gasteiger partial charge in [0, 0.05) is 60.2 Å². The quantitative estimate of drug-likeness (QED) is 0.0663. The SMILES string of the molecule is [2H]C(=O)CCC(C)(C)SSCCCC(=O)NCCC(C)(C)C.[2H]C(=O)CCSSC(C)CCC(=O)CCCCC(C)(C)C. The minimum atomic E-state index is -0.499. The van der Waals surface area contributed by atoms with Gasteiger partial charge >= 0.3 is 0 Å². The van der Waals surface area contributed by atoms with Gasteiger partial charge in [-0.25, -0.2) is 0 Å². The summed E-state index contributed by atoms with van der Waals surface area (Å²) in [4.78, 5) is 44.7. The monoisotopic (exact) mass is 653 g/mol. The number of rotatable bonds is 23. The summed E-state index contributed by atoms with van der Waals surface area (Å²) in [5, 5.41) is 3.39. The van der Waals surface area contributed by atoms with Crippen molar-refractivity contribution in [2.45, 2.75) is 149 Å². The molecular formula is C32H61NO4S4. The molecule has 9 heteroatoms. The van der Waals surface area contributed by atoms with E-state index in [0.29, 0.717) is 54.3 Å². The highest BCUT2D eigenvalue weighted by atomic mass is 33.1. The smallest absolute Gasteiger partial charge is 0.220 e. The Labute approximate surface area is 271 Å². The Morgan fingerprint density at radius 2 is 1.41 bits per heavy atom. The molecule has 41 heavy (non-hydrogen) atoms. The maximum Gasteiger partial charge on any atom is 0.220 e. The van der Waals surface area contributed by atoms with Crippen molar-refractivity contribution in [3.63, 3.8) is 0 Å². The molecule has 0 fully saturated rings. The zero-order chi connectivity index (χ0) is 33.5. The zero-order valence-corrected chi connectivity index (χ0v) is 30.7. The molecule has 0 saturated carbocycles. The predicted molar refractivity (Wildman–Crippen MR) is 188 cm³/mol. The molecule has 0 radical (unpaired) electrons. The molecule has 0 heterocycles. The van der Waals surface area contributed by atoms with E-state index >= 15 is 0 Å². The van der Waals surface area contributed by atoms with E-state index in [1.54, 1.807) is 43.2 Å². The summed E-state index contributed by atoms with van der Waals surface area (Å²) in [6.07, 6.45) is 8.41. The minimum absolute atomic E-state index is 0.00363. The lowest BCUT2D eigenvalue weighted by molar-refractivity contribution is -0.121. The second-order valence-corrected chi connectivity index (χ2v) is 19.6.